The van der Waals surface area contributed by atoms with Gasteiger partial charge in [-0.25, -0.2) is 0 Å². The van der Waals surface area contributed by atoms with Gasteiger partial charge in [-0.05, 0) is 24.1 Å². The van der Waals surface area contributed by atoms with Crippen molar-refractivity contribution in [1.29, 1.82) is 0 Å². The molecule has 144 valence electrons. The van der Waals surface area contributed by atoms with Crippen molar-refractivity contribution in [2.24, 2.45) is 0 Å². The number of nitrogens with zero attached hydrogens (tertiary/aromatic N) is 2. The summed E-state index contributed by atoms with van der Waals surface area (Å²) in [6.07, 6.45) is 0. The van der Waals surface area contributed by atoms with Crippen molar-refractivity contribution in [2.45, 2.75) is 13.5 Å². The fraction of sp³-hybridized carbons (Fsp3) is 0.409. The highest BCUT2D eigenvalue weighted by atomic mass is 16.5. The number of para-hydroxylation sites is 1. The SMILES string of the molecule is Cc1ccccc1OCC(=O)NCCN1CCN(Cc2ccccc2)CC1. The molecule has 27 heavy (non-hydrogen) atoms. The van der Waals surface area contributed by atoms with Crippen LogP contribution < -0.4 is 10.1 Å². The number of nitrogens with one attached hydrogen (secondary N) is 1. The van der Waals surface area contributed by atoms with Gasteiger partial charge in [-0.2, -0.15) is 0 Å². The van der Waals surface area contributed by atoms with Gasteiger partial charge in [-0.15, -0.1) is 0 Å². The first kappa shape index (κ1) is 19.4. The van der Waals surface area contributed by atoms with E-state index >= 15 is 0 Å². The van der Waals surface area contributed by atoms with Crippen LogP contribution >= 0.6 is 0 Å². The van der Waals surface area contributed by atoms with Crippen LogP contribution in [0.1, 0.15) is 11.1 Å². The Kier molecular flexibility index (Phi) is 7.25. The highest BCUT2D eigenvalue weighted by Gasteiger charge is 2.16. The van der Waals surface area contributed by atoms with Crippen molar-refractivity contribution in [2.75, 3.05) is 45.9 Å². The summed E-state index contributed by atoms with van der Waals surface area (Å²) < 4.78 is 5.58. The van der Waals surface area contributed by atoms with Gasteiger partial charge in [0.25, 0.3) is 5.91 Å². The van der Waals surface area contributed by atoms with Crippen LogP contribution in [0.4, 0.5) is 0 Å². The maximum Gasteiger partial charge on any atom is 0.257 e. The van der Waals surface area contributed by atoms with E-state index in [0.717, 1.165) is 50.6 Å². The van der Waals surface area contributed by atoms with Gasteiger partial charge in [0.15, 0.2) is 6.61 Å². The van der Waals surface area contributed by atoms with Gasteiger partial charge in [0.05, 0.1) is 0 Å². The second kappa shape index (κ2) is 10.1. The summed E-state index contributed by atoms with van der Waals surface area (Å²) in [7, 11) is 0. The van der Waals surface area contributed by atoms with Crippen molar-refractivity contribution < 1.29 is 9.53 Å². The van der Waals surface area contributed by atoms with Crippen molar-refractivity contribution in [3.63, 3.8) is 0 Å². The third kappa shape index (κ3) is 6.38. The Morgan fingerprint density at radius 2 is 1.63 bits per heavy atom. The third-order valence-electron chi connectivity index (χ3n) is 4.92. The number of hydrogen-bond donors (Lipinski definition) is 1. The largest absolute Gasteiger partial charge is 0.484 e. The summed E-state index contributed by atoms with van der Waals surface area (Å²) in [5.74, 6) is 0.697. The first-order valence-electron chi connectivity index (χ1n) is 9.64. The van der Waals surface area contributed by atoms with Gasteiger partial charge in [-0.1, -0.05) is 48.5 Å². The summed E-state index contributed by atoms with van der Waals surface area (Å²) in [5.41, 5.74) is 2.41. The molecule has 1 aliphatic rings. The predicted octanol–water partition coefficient (Wildman–Crippen LogP) is 2.31. The summed E-state index contributed by atoms with van der Waals surface area (Å²) in [6.45, 7) is 8.83. The Morgan fingerprint density at radius 3 is 2.37 bits per heavy atom. The molecule has 1 N–H and O–H groups in total. The number of ether oxygens (including phenoxy) is 1. The second-order valence-corrected chi connectivity index (χ2v) is 7.01. The van der Waals surface area contributed by atoms with E-state index in [1.165, 1.54) is 5.56 Å². The molecule has 1 fully saturated rings. The van der Waals surface area contributed by atoms with E-state index in [1.807, 2.05) is 31.2 Å². The summed E-state index contributed by atoms with van der Waals surface area (Å²) in [6, 6.07) is 18.3. The fourth-order valence-corrected chi connectivity index (χ4v) is 3.28. The van der Waals surface area contributed by atoms with E-state index in [-0.39, 0.29) is 12.5 Å². The third-order valence-corrected chi connectivity index (χ3v) is 4.92. The molecule has 0 bridgehead atoms. The highest BCUT2D eigenvalue weighted by Crippen LogP contribution is 2.15. The predicted molar refractivity (Wildman–Crippen MR) is 108 cm³/mol. The van der Waals surface area contributed by atoms with Crippen LogP contribution in [-0.2, 0) is 11.3 Å². The molecular weight excluding hydrogens is 338 g/mol. The average Bonchev–Trinajstić information content (AvgIpc) is 2.69. The molecule has 0 saturated carbocycles. The van der Waals surface area contributed by atoms with Gasteiger partial charge < -0.3 is 10.1 Å². The monoisotopic (exact) mass is 367 g/mol. The van der Waals surface area contributed by atoms with Crippen LogP contribution in [0.15, 0.2) is 54.6 Å². The van der Waals surface area contributed by atoms with Crippen LogP contribution in [0, 0.1) is 6.92 Å². The summed E-state index contributed by atoms with van der Waals surface area (Å²) >= 11 is 0. The molecule has 0 unspecified atom stereocenters. The van der Waals surface area contributed by atoms with Crippen LogP contribution in [0.25, 0.3) is 0 Å². The van der Waals surface area contributed by atoms with Crippen LogP contribution in [0.3, 0.4) is 0 Å². The van der Waals surface area contributed by atoms with Gasteiger partial charge in [-0.3, -0.25) is 14.6 Å². The molecule has 2 aromatic carbocycles. The normalized spacial score (nSPS) is 15.4. The number of rotatable bonds is 8. The Hall–Kier alpha value is -2.37. The smallest absolute Gasteiger partial charge is 0.257 e. The van der Waals surface area contributed by atoms with E-state index in [9.17, 15) is 4.79 Å². The number of aryl methyl sites for hydroxylation is 1. The lowest BCUT2D eigenvalue weighted by atomic mass is 10.2. The molecule has 0 radical (unpaired) electrons. The van der Waals surface area contributed by atoms with E-state index in [4.69, 9.17) is 4.74 Å². The maximum absolute atomic E-state index is 12.0. The van der Waals surface area contributed by atoms with Gasteiger partial charge in [0.1, 0.15) is 5.75 Å². The molecule has 5 nitrogen and oxygen atoms in total. The van der Waals surface area contributed by atoms with Crippen molar-refractivity contribution in [3.05, 3.63) is 65.7 Å². The first-order chi connectivity index (χ1) is 13.2. The zero-order valence-electron chi connectivity index (χ0n) is 16.1. The number of benzene rings is 2. The molecule has 1 saturated heterocycles. The topological polar surface area (TPSA) is 44.8 Å². The summed E-state index contributed by atoms with van der Waals surface area (Å²) in [5, 5.41) is 2.95. The summed E-state index contributed by atoms with van der Waals surface area (Å²) in [4.78, 5) is 16.9. The standard InChI is InChI=1S/C22H29N3O2/c1-19-7-5-6-10-21(19)27-18-22(26)23-11-12-24-13-15-25(16-14-24)17-20-8-3-2-4-9-20/h2-10H,11-18H2,1H3,(H,23,26). The molecule has 0 aromatic heterocycles. The molecule has 0 aliphatic carbocycles. The second-order valence-electron chi connectivity index (χ2n) is 7.01. The van der Waals surface area contributed by atoms with Crippen molar-refractivity contribution >= 4 is 5.91 Å². The molecular formula is C22H29N3O2. The zero-order valence-corrected chi connectivity index (χ0v) is 16.1. The number of carbonyl (C=O) groups is 1. The van der Waals surface area contributed by atoms with Gasteiger partial charge in [0.2, 0.25) is 0 Å². The molecule has 1 aliphatic heterocycles. The van der Waals surface area contributed by atoms with Crippen LogP contribution in [-0.4, -0.2) is 61.6 Å². The lowest BCUT2D eigenvalue weighted by Crippen LogP contribution is -2.48. The molecule has 0 atom stereocenters. The highest BCUT2D eigenvalue weighted by molar-refractivity contribution is 5.77. The molecule has 3 rings (SSSR count). The molecule has 5 heteroatoms. The Morgan fingerprint density at radius 1 is 0.963 bits per heavy atom. The first-order valence-corrected chi connectivity index (χ1v) is 9.64. The molecule has 1 heterocycles. The van der Waals surface area contributed by atoms with Crippen LogP contribution in [0.5, 0.6) is 5.75 Å². The van der Waals surface area contributed by atoms with E-state index < -0.39 is 0 Å². The number of hydrogen-bond acceptors (Lipinski definition) is 4. The molecule has 0 spiro atoms. The van der Waals surface area contributed by atoms with Gasteiger partial charge in [0, 0.05) is 45.8 Å². The van der Waals surface area contributed by atoms with Gasteiger partial charge >= 0.3 is 0 Å². The quantitative estimate of drug-likeness (QED) is 0.778. The Labute approximate surface area is 161 Å². The van der Waals surface area contributed by atoms with Crippen molar-refractivity contribution in [1.82, 2.24) is 15.1 Å². The zero-order chi connectivity index (χ0) is 18.9. The molecule has 1 amide bonds. The average molecular weight is 367 g/mol. The molecule has 2 aromatic rings. The maximum atomic E-state index is 12.0. The minimum Gasteiger partial charge on any atom is -0.484 e. The Balaban J connectivity index is 1.29. The van der Waals surface area contributed by atoms with E-state index in [0.29, 0.717) is 6.54 Å². The lowest BCUT2D eigenvalue weighted by molar-refractivity contribution is -0.123. The number of amides is 1. The number of carbonyl (C=O) groups excluding carboxylic acids is 1. The lowest BCUT2D eigenvalue weighted by Gasteiger charge is -2.34. The number of piperazine rings is 1. The van der Waals surface area contributed by atoms with E-state index in [1.54, 1.807) is 0 Å². The minimum atomic E-state index is -0.0685. The van der Waals surface area contributed by atoms with Crippen molar-refractivity contribution in [3.8, 4) is 5.75 Å². The Bertz CT molecular complexity index is 713. The van der Waals surface area contributed by atoms with Crippen LogP contribution in [0.2, 0.25) is 0 Å². The van der Waals surface area contributed by atoms with E-state index in [2.05, 4.69) is 45.4 Å². The fourth-order valence-electron chi connectivity index (χ4n) is 3.28. The minimum absolute atomic E-state index is 0.0652.